The van der Waals surface area contributed by atoms with Crippen molar-refractivity contribution in [2.24, 2.45) is 7.05 Å². The van der Waals surface area contributed by atoms with E-state index in [1.807, 2.05) is 6.07 Å². The standard InChI is InChI=1S/C11H14N4O2/c1-11(2,10(16)17)14-8-5-4-7-6-12-15(3)9(7)13-8/h4-6H,1-3H3,(H,13,14)(H,16,17). The summed E-state index contributed by atoms with van der Waals surface area (Å²) in [5.74, 6) is -0.405. The Labute approximate surface area is 98.3 Å². The molecule has 0 spiro atoms. The molecule has 0 aliphatic carbocycles. The molecule has 17 heavy (non-hydrogen) atoms. The zero-order valence-corrected chi connectivity index (χ0v) is 9.93. The minimum Gasteiger partial charge on any atom is -0.480 e. The van der Waals surface area contributed by atoms with Crippen LogP contribution < -0.4 is 5.32 Å². The van der Waals surface area contributed by atoms with E-state index in [0.717, 1.165) is 11.0 Å². The van der Waals surface area contributed by atoms with Crippen LogP contribution in [0.1, 0.15) is 13.8 Å². The van der Waals surface area contributed by atoms with Gasteiger partial charge in [-0.15, -0.1) is 0 Å². The molecule has 0 unspecified atom stereocenters. The Morgan fingerprint density at radius 1 is 1.47 bits per heavy atom. The van der Waals surface area contributed by atoms with Gasteiger partial charge in [0.15, 0.2) is 5.65 Å². The Kier molecular flexibility index (Phi) is 2.49. The molecule has 2 N–H and O–H groups in total. The maximum Gasteiger partial charge on any atom is 0.328 e. The lowest BCUT2D eigenvalue weighted by Crippen LogP contribution is -2.40. The molecule has 0 saturated carbocycles. The van der Waals surface area contributed by atoms with E-state index in [1.54, 1.807) is 37.8 Å². The first-order valence-corrected chi connectivity index (χ1v) is 5.20. The number of carboxylic acids is 1. The number of anilines is 1. The number of hydrogen-bond acceptors (Lipinski definition) is 4. The van der Waals surface area contributed by atoms with Crippen LogP contribution in [-0.2, 0) is 11.8 Å². The van der Waals surface area contributed by atoms with Gasteiger partial charge in [0.1, 0.15) is 11.4 Å². The summed E-state index contributed by atoms with van der Waals surface area (Å²) >= 11 is 0. The fraction of sp³-hybridized carbons (Fsp3) is 0.364. The summed E-state index contributed by atoms with van der Waals surface area (Å²) in [6.07, 6.45) is 1.72. The molecule has 0 aromatic carbocycles. The second-order valence-electron chi connectivity index (χ2n) is 4.43. The maximum atomic E-state index is 11.0. The highest BCUT2D eigenvalue weighted by Gasteiger charge is 2.27. The Hall–Kier alpha value is -2.11. The van der Waals surface area contributed by atoms with Crippen molar-refractivity contribution < 1.29 is 9.90 Å². The van der Waals surface area contributed by atoms with E-state index in [1.165, 1.54) is 0 Å². The van der Waals surface area contributed by atoms with Crippen LogP contribution in [-0.4, -0.2) is 31.4 Å². The van der Waals surface area contributed by atoms with E-state index < -0.39 is 11.5 Å². The van der Waals surface area contributed by atoms with Crippen LogP contribution in [0.2, 0.25) is 0 Å². The molecule has 0 aliphatic heterocycles. The SMILES string of the molecule is Cn1ncc2ccc(NC(C)(C)C(=O)O)nc21. The van der Waals surface area contributed by atoms with Crippen molar-refractivity contribution >= 4 is 22.8 Å². The van der Waals surface area contributed by atoms with Crippen LogP contribution >= 0.6 is 0 Å². The highest BCUT2D eigenvalue weighted by molar-refractivity contribution is 5.82. The summed E-state index contributed by atoms with van der Waals surface area (Å²) < 4.78 is 1.65. The lowest BCUT2D eigenvalue weighted by atomic mass is 10.1. The number of aliphatic carboxylic acids is 1. The summed E-state index contributed by atoms with van der Waals surface area (Å²) in [4.78, 5) is 15.3. The van der Waals surface area contributed by atoms with E-state index in [9.17, 15) is 4.79 Å². The predicted molar refractivity (Wildman–Crippen MR) is 63.8 cm³/mol. The minimum absolute atomic E-state index is 0.522. The summed E-state index contributed by atoms with van der Waals surface area (Å²) in [6.45, 7) is 3.18. The predicted octanol–water partition coefficient (Wildman–Crippen LogP) is 1.24. The number of nitrogens with one attached hydrogen (secondary N) is 1. The Balaban J connectivity index is 2.37. The van der Waals surface area contributed by atoms with Gasteiger partial charge in [0, 0.05) is 12.4 Å². The van der Waals surface area contributed by atoms with Crippen molar-refractivity contribution in [3.63, 3.8) is 0 Å². The fourth-order valence-corrected chi connectivity index (χ4v) is 1.47. The van der Waals surface area contributed by atoms with Crippen molar-refractivity contribution in [1.29, 1.82) is 0 Å². The van der Waals surface area contributed by atoms with E-state index in [-0.39, 0.29) is 0 Å². The molecule has 0 saturated heterocycles. The van der Waals surface area contributed by atoms with Crippen molar-refractivity contribution in [1.82, 2.24) is 14.8 Å². The first-order chi connectivity index (χ1) is 7.90. The number of carbonyl (C=O) groups is 1. The van der Waals surface area contributed by atoms with Crippen molar-refractivity contribution in [3.8, 4) is 0 Å². The Bertz CT molecular complexity index is 574. The molecule has 6 heteroatoms. The Morgan fingerprint density at radius 3 is 2.82 bits per heavy atom. The molecule has 6 nitrogen and oxygen atoms in total. The van der Waals surface area contributed by atoms with Crippen molar-refractivity contribution in [3.05, 3.63) is 18.3 Å². The monoisotopic (exact) mass is 234 g/mol. The number of nitrogens with zero attached hydrogens (tertiary/aromatic N) is 3. The molecule has 2 rings (SSSR count). The van der Waals surface area contributed by atoms with Crippen LogP contribution in [0, 0.1) is 0 Å². The number of carboxylic acid groups (broad SMARTS) is 1. The van der Waals surface area contributed by atoms with Crippen LogP contribution in [0.4, 0.5) is 5.82 Å². The largest absolute Gasteiger partial charge is 0.480 e. The first-order valence-electron chi connectivity index (χ1n) is 5.20. The number of fused-ring (bicyclic) bond motifs is 1. The van der Waals surface area contributed by atoms with Gasteiger partial charge in [-0.1, -0.05) is 0 Å². The van der Waals surface area contributed by atoms with Gasteiger partial charge in [0.25, 0.3) is 0 Å². The molecule has 2 heterocycles. The molecule has 0 atom stereocenters. The molecule has 2 aromatic heterocycles. The zero-order valence-electron chi connectivity index (χ0n) is 9.93. The topological polar surface area (TPSA) is 80.0 Å². The smallest absolute Gasteiger partial charge is 0.328 e. The van der Waals surface area contributed by atoms with Gasteiger partial charge >= 0.3 is 5.97 Å². The van der Waals surface area contributed by atoms with Crippen molar-refractivity contribution in [2.75, 3.05) is 5.32 Å². The molecule has 90 valence electrons. The number of aryl methyl sites for hydroxylation is 1. The quantitative estimate of drug-likeness (QED) is 0.835. The molecule has 0 aliphatic rings. The van der Waals surface area contributed by atoms with Crippen LogP contribution in [0.5, 0.6) is 0 Å². The average Bonchev–Trinajstić information content (AvgIpc) is 2.60. The van der Waals surface area contributed by atoms with Gasteiger partial charge in [-0.25, -0.2) is 9.78 Å². The van der Waals surface area contributed by atoms with Gasteiger partial charge < -0.3 is 10.4 Å². The van der Waals surface area contributed by atoms with Crippen LogP contribution in [0.3, 0.4) is 0 Å². The van der Waals surface area contributed by atoms with Gasteiger partial charge in [-0.2, -0.15) is 5.10 Å². The van der Waals surface area contributed by atoms with Gasteiger partial charge in [0.05, 0.1) is 6.20 Å². The molecule has 0 bridgehead atoms. The highest BCUT2D eigenvalue weighted by atomic mass is 16.4. The fourth-order valence-electron chi connectivity index (χ4n) is 1.47. The second-order valence-corrected chi connectivity index (χ2v) is 4.43. The summed E-state index contributed by atoms with van der Waals surface area (Å²) in [7, 11) is 1.79. The van der Waals surface area contributed by atoms with E-state index in [0.29, 0.717) is 5.82 Å². The lowest BCUT2D eigenvalue weighted by Gasteiger charge is -2.21. The summed E-state index contributed by atoms with van der Waals surface area (Å²) in [6, 6.07) is 3.60. The third-order valence-electron chi connectivity index (χ3n) is 2.56. The first kappa shape index (κ1) is 11.4. The summed E-state index contributed by atoms with van der Waals surface area (Å²) in [5.41, 5.74) is -0.338. The Morgan fingerprint density at radius 2 is 2.18 bits per heavy atom. The molecule has 0 amide bonds. The average molecular weight is 234 g/mol. The van der Waals surface area contributed by atoms with Gasteiger partial charge in [-0.3, -0.25) is 4.68 Å². The zero-order chi connectivity index (χ0) is 12.6. The summed E-state index contributed by atoms with van der Waals surface area (Å²) in [5, 5.41) is 16.9. The molecule has 0 fully saturated rings. The lowest BCUT2D eigenvalue weighted by molar-refractivity contribution is -0.141. The van der Waals surface area contributed by atoms with Crippen LogP contribution in [0.25, 0.3) is 11.0 Å². The van der Waals surface area contributed by atoms with E-state index >= 15 is 0 Å². The number of rotatable bonds is 3. The minimum atomic E-state index is -1.06. The number of aromatic nitrogens is 3. The molecule has 2 aromatic rings. The highest BCUT2D eigenvalue weighted by Crippen LogP contribution is 2.17. The number of hydrogen-bond donors (Lipinski definition) is 2. The van der Waals surface area contributed by atoms with E-state index in [2.05, 4.69) is 15.4 Å². The second kappa shape index (κ2) is 3.73. The van der Waals surface area contributed by atoms with E-state index in [4.69, 9.17) is 5.11 Å². The van der Waals surface area contributed by atoms with Crippen molar-refractivity contribution in [2.45, 2.75) is 19.4 Å². The molecular formula is C11H14N4O2. The third-order valence-corrected chi connectivity index (χ3v) is 2.56. The van der Waals surface area contributed by atoms with Gasteiger partial charge in [0.2, 0.25) is 0 Å². The normalized spacial score (nSPS) is 11.7. The van der Waals surface area contributed by atoms with Crippen LogP contribution in [0.15, 0.2) is 18.3 Å². The molecular weight excluding hydrogens is 220 g/mol. The van der Waals surface area contributed by atoms with Gasteiger partial charge in [-0.05, 0) is 26.0 Å². The third kappa shape index (κ3) is 2.06. The number of pyridine rings is 1. The maximum absolute atomic E-state index is 11.0. The molecule has 0 radical (unpaired) electrons.